The van der Waals surface area contributed by atoms with Crippen LogP contribution in [0.4, 0.5) is 5.69 Å². The minimum atomic E-state index is -0.344. The molecule has 2 unspecified atom stereocenters. The fourth-order valence-corrected chi connectivity index (χ4v) is 2.85. The predicted octanol–water partition coefficient (Wildman–Crippen LogP) is 2.09. The Morgan fingerprint density at radius 1 is 1.36 bits per heavy atom. The number of anilines is 1. The number of amides is 2. The van der Waals surface area contributed by atoms with Crippen LogP contribution in [-0.4, -0.2) is 35.8 Å². The van der Waals surface area contributed by atoms with Crippen molar-refractivity contribution < 1.29 is 9.59 Å². The quantitative estimate of drug-likeness (QED) is 0.845. The molecule has 1 heterocycles. The molecule has 1 aliphatic heterocycles. The average Bonchev–Trinajstić information content (AvgIpc) is 2.95. The lowest BCUT2D eigenvalue weighted by Gasteiger charge is -2.21. The average molecular weight is 303 g/mol. The summed E-state index contributed by atoms with van der Waals surface area (Å²) in [5.74, 6) is 0.0679. The molecule has 5 heteroatoms. The molecule has 0 spiro atoms. The molecule has 22 heavy (non-hydrogen) atoms. The van der Waals surface area contributed by atoms with E-state index in [9.17, 15) is 9.59 Å². The van der Waals surface area contributed by atoms with Crippen molar-refractivity contribution in [1.82, 2.24) is 4.90 Å². The first kappa shape index (κ1) is 16.5. The molecule has 0 radical (unpaired) electrons. The number of rotatable bonds is 6. The van der Waals surface area contributed by atoms with Crippen molar-refractivity contribution in [1.29, 1.82) is 0 Å². The van der Waals surface area contributed by atoms with Crippen molar-refractivity contribution in [3.8, 4) is 0 Å². The Balaban J connectivity index is 1.90. The number of hydrogen-bond acceptors (Lipinski definition) is 3. The van der Waals surface area contributed by atoms with Crippen LogP contribution in [0.25, 0.3) is 0 Å². The Labute approximate surface area is 131 Å². The summed E-state index contributed by atoms with van der Waals surface area (Å²) in [6.07, 6.45) is 2.74. The molecule has 2 amide bonds. The van der Waals surface area contributed by atoms with E-state index in [4.69, 9.17) is 5.73 Å². The van der Waals surface area contributed by atoms with E-state index in [-0.39, 0.29) is 24.4 Å². The summed E-state index contributed by atoms with van der Waals surface area (Å²) in [6, 6.07) is 7.64. The standard InChI is InChI=1S/C17H25N3O2/c1-3-12(2)13-6-8-14(9-7-13)19-16(21)11-20-10-4-5-15(20)17(18)22/h6-9,12,15H,3-5,10-11H2,1-2H3,(H2,18,22)(H,19,21). The Hall–Kier alpha value is -1.88. The number of carbonyl (C=O) groups excluding carboxylic acids is 2. The summed E-state index contributed by atoms with van der Waals surface area (Å²) in [5.41, 5.74) is 7.42. The largest absolute Gasteiger partial charge is 0.368 e. The van der Waals surface area contributed by atoms with Crippen molar-refractivity contribution in [2.75, 3.05) is 18.4 Å². The Morgan fingerprint density at radius 3 is 2.64 bits per heavy atom. The molecule has 1 aromatic carbocycles. The fourth-order valence-electron chi connectivity index (χ4n) is 2.85. The van der Waals surface area contributed by atoms with Crippen molar-refractivity contribution in [2.45, 2.75) is 45.1 Å². The SMILES string of the molecule is CCC(C)c1ccc(NC(=O)CN2CCCC2C(N)=O)cc1. The summed E-state index contributed by atoms with van der Waals surface area (Å²) in [4.78, 5) is 25.3. The minimum Gasteiger partial charge on any atom is -0.368 e. The van der Waals surface area contributed by atoms with Crippen molar-refractivity contribution in [3.63, 3.8) is 0 Å². The van der Waals surface area contributed by atoms with Crippen LogP contribution in [0, 0.1) is 0 Å². The van der Waals surface area contributed by atoms with E-state index in [1.54, 1.807) is 0 Å². The first-order chi connectivity index (χ1) is 10.5. The van der Waals surface area contributed by atoms with Crippen LogP contribution in [0.15, 0.2) is 24.3 Å². The number of likely N-dealkylation sites (tertiary alicyclic amines) is 1. The van der Waals surface area contributed by atoms with Gasteiger partial charge in [0.1, 0.15) is 0 Å². The van der Waals surface area contributed by atoms with Gasteiger partial charge in [-0.25, -0.2) is 0 Å². The van der Waals surface area contributed by atoms with Gasteiger partial charge < -0.3 is 11.1 Å². The van der Waals surface area contributed by atoms with Gasteiger partial charge in [0.15, 0.2) is 0 Å². The fraction of sp³-hybridized carbons (Fsp3) is 0.529. The normalized spacial score (nSPS) is 19.8. The number of benzene rings is 1. The second-order valence-electron chi connectivity index (χ2n) is 6.01. The predicted molar refractivity (Wildman–Crippen MR) is 87.6 cm³/mol. The molecule has 1 fully saturated rings. The second-order valence-corrected chi connectivity index (χ2v) is 6.01. The van der Waals surface area contributed by atoms with E-state index in [0.717, 1.165) is 31.5 Å². The zero-order valence-electron chi connectivity index (χ0n) is 13.3. The third-order valence-corrected chi connectivity index (χ3v) is 4.41. The van der Waals surface area contributed by atoms with E-state index in [1.807, 2.05) is 29.2 Å². The summed E-state index contributed by atoms with van der Waals surface area (Å²) in [7, 11) is 0. The van der Waals surface area contributed by atoms with Crippen LogP contribution in [0.3, 0.4) is 0 Å². The van der Waals surface area contributed by atoms with Gasteiger partial charge in [0.2, 0.25) is 11.8 Å². The highest BCUT2D eigenvalue weighted by Gasteiger charge is 2.30. The van der Waals surface area contributed by atoms with Gasteiger partial charge in [-0.15, -0.1) is 0 Å². The smallest absolute Gasteiger partial charge is 0.238 e. The molecule has 3 N–H and O–H groups in total. The highest BCUT2D eigenvalue weighted by atomic mass is 16.2. The molecule has 1 aliphatic rings. The number of nitrogens with two attached hydrogens (primary N) is 1. The van der Waals surface area contributed by atoms with E-state index in [1.165, 1.54) is 5.56 Å². The number of primary amides is 1. The van der Waals surface area contributed by atoms with Crippen LogP contribution < -0.4 is 11.1 Å². The maximum atomic E-state index is 12.1. The minimum absolute atomic E-state index is 0.107. The summed E-state index contributed by atoms with van der Waals surface area (Å²) in [5, 5.41) is 2.88. The lowest BCUT2D eigenvalue weighted by molar-refractivity contribution is -0.123. The monoisotopic (exact) mass is 303 g/mol. The van der Waals surface area contributed by atoms with Gasteiger partial charge in [0.25, 0.3) is 0 Å². The highest BCUT2D eigenvalue weighted by Crippen LogP contribution is 2.21. The molecule has 1 saturated heterocycles. The molecular weight excluding hydrogens is 278 g/mol. The van der Waals surface area contributed by atoms with Gasteiger partial charge in [-0.3, -0.25) is 14.5 Å². The Bertz CT molecular complexity index is 527. The first-order valence-electron chi connectivity index (χ1n) is 7.94. The summed E-state index contributed by atoms with van der Waals surface area (Å²) >= 11 is 0. The number of nitrogens with zero attached hydrogens (tertiary/aromatic N) is 1. The Kier molecular flexibility index (Phi) is 5.55. The maximum Gasteiger partial charge on any atom is 0.238 e. The lowest BCUT2D eigenvalue weighted by atomic mass is 9.99. The lowest BCUT2D eigenvalue weighted by Crippen LogP contribution is -2.43. The van der Waals surface area contributed by atoms with Gasteiger partial charge in [-0.1, -0.05) is 26.0 Å². The molecule has 0 saturated carbocycles. The molecule has 2 atom stereocenters. The van der Waals surface area contributed by atoms with Crippen LogP contribution in [0.1, 0.15) is 44.6 Å². The van der Waals surface area contributed by atoms with Gasteiger partial charge in [-0.2, -0.15) is 0 Å². The number of nitrogens with one attached hydrogen (secondary N) is 1. The zero-order chi connectivity index (χ0) is 16.1. The van der Waals surface area contributed by atoms with Crippen LogP contribution in [0.2, 0.25) is 0 Å². The Morgan fingerprint density at radius 2 is 2.05 bits per heavy atom. The van der Waals surface area contributed by atoms with Crippen molar-refractivity contribution in [2.24, 2.45) is 5.73 Å². The molecule has 5 nitrogen and oxygen atoms in total. The number of hydrogen-bond donors (Lipinski definition) is 2. The van der Waals surface area contributed by atoms with Crippen molar-refractivity contribution in [3.05, 3.63) is 29.8 Å². The highest BCUT2D eigenvalue weighted by molar-refractivity contribution is 5.92. The van der Waals surface area contributed by atoms with Crippen LogP contribution in [-0.2, 0) is 9.59 Å². The molecule has 0 bridgehead atoms. The molecule has 0 aromatic heterocycles. The zero-order valence-corrected chi connectivity index (χ0v) is 13.3. The van der Waals surface area contributed by atoms with E-state index in [2.05, 4.69) is 19.2 Å². The van der Waals surface area contributed by atoms with Crippen LogP contribution >= 0.6 is 0 Å². The molecule has 120 valence electrons. The van der Waals surface area contributed by atoms with Gasteiger partial charge in [0.05, 0.1) is 12.6 Å². The first-order valence-corrected chi connectivity index (χ1v) is 7.94. The number of carbonyl (C=O) groups is 2. The summed E-state index contributed by atoms with van der Waals surface area (Å²) < 4.78 is 0. The van der Waals surface area contributed by atoms with Crippen molar-refractivity contribution >= 4 is 17.5 Å². The van der Waals surface area contributed by atoms with E-state index in [0.29, 0.717) is 5.92 Å². The topological polar surface area (TPSA) is 75.4 Å². The van der Waals surface area contributed by atoms with E-state index >= 15 is 0 Å². The van der Waals surface area contributed by atoms with Gasteiger partial charge >= 0.3 is 0 Å². The van der Waals surface area contributed by atoms with Gasteiger partial charge in [-0.05, 0) is 49.4 Å². The van der Waals surface area contributed by atoms with Gasteiger partial charge in [0, 0.05) is 5.69 Å². The van der Waals surface area contributed by atoms with E-state index < -0.39 is 0 Å². The third kappa shape index (κ3) is 4.07. The molecule has 2 rings (SSSR count). The molecular formula is C17H25N3O2. The third-order valence-electron chi connectivity index (χ3n) is 4.41. The van der Waals surface area contributed by atoms with Crippen LogP contribution in [0.5, 0.6) is 0 Å². The maximum absolute atomic E-state index is 12.1. The summed E-state index contributed by atoms with van der Waals surface area (Å²) in [6.45, 7) is 5.30. The second kappa shape index (κ2) is 7.40. The molecule has 1 aromatic rings. The molecule has 0 aliphatic carbocycles.